The van der Waals surface area contributed by atoms with E-state index >= 15 is 0 Å². The van der Waals surface area contributed by atoms with E-state index in [0.29, 0.717) is 10.9 Å². The highest BCUT2D eigenvalue weighted by atomic mass is 32.2. The zero-order valence-electron chi connectivity index (χ0n) is 13.3. The van der Waals surface area contributed by atoms with Crippen molar-refractivity contribution in [2.24, 2.45) is 15.9 Å². The molecule has 0 unspecified atom stereocenters. The number of benzene rings is 2. The smallest absolute Gasteiger partial charge is 0.180 e. The molecule has 0 saturated heterocycles. The van der Waals surface area contributed by atoms with Crippen molar-refractivity contribution in [2.75, 3.05) is 7.11 Å². The second-order valence-corrected chi connectivity index (χ2v) is 5.86. The number of methoxy groups -OCH3 is 1. The van der Waals surface area contributed by atoms with Crippen molar-refractivity contribution in [1.29, 1.82) is 5.26 Å². The molecule has 2 aromatic carbocycles. The highest BCUT2D eigenvalue weighted by Crippen LogP contribution is 2.19. The summed E-state index contributed by atoms with van der Waals surface area (Å²) in [5, 5.41) is 17.2. The molecule has 122 valence electrons. The number of rotatable bonds is 6. The average Bonchev–Trinajstić information content (AvgIpc) is 2.61. The van der Waals surface area contributed by atoms with Crippen LogP contribution in [0.5, 0.6) is 5.75 Å². The number of nitrogens with zero attached hydrogens (tertiary/aromatic N) is 3. The number of thioether (sulfide) groups is 1. The third-order valence-corrected chi connectivity index (χ3v) is 4.02. The van der Waals surface area contributed by atoms with E-state index in [-0.39, 0.29) is 6.42 Å². The first-order valence-electron chi connectivity index (χ1n) is 7.30. The van der Waals surface area contributed by atoms with Gasteiger partial charge in [0.15, 0.2) is 5.17 Å². The quantitative estimate of drug-likeness (QED) is 0.497. The molecule has 0 bridgehead atoms. The third-order valence-electron chi connectivity index (χ3n) is 3.17. The maximum atomic E-state index is 8.85. The summed E-state index contributed by atoms with van der Waals surface area (Å²) in [5.74, 6) is 1.44. The summed E-state index contributed by atoms with van der Waals surface area (Å²) in [7, 11) is 1.58. The van der Waals surface area contributed by atoms with E-state index in [9.17, 15) is 0 Å². The van der Waals surface area contributed by atoms with Crippen LogP contribution in [0.15, 0.2) is 58.7 Å². The topological polar surface area (TPSA) is 83.8 Å². The van der Waals surface area contributed by atoms with Gasteiger partial charge in [0.25, 0.3) is 0 Å². The molecule has 0 aliphatic rings. The van der Waals surface area contributed by atoms with Crippen molar-refractivity contribution in [3.8, 4) is 11.8 Å². The summed E-state index contributed by atoms with van der Waals surface area (Å²) < 4.78 is 5.22. The Morgan fingerprint density at radius 1 is 1.29 bits per heavy atom. The monoisotopic (exact) mass is 338 g/mol. The zero-order valence-corrected chi connectivity index (χ0v) is 14.2. The Hall–Kier alpha value is -2.78. The van der Waals surface area contributed by atoms with E-state index in [1.165, 1.54) is 17.3 Å². The molecular weight excluding hydrogens is 320 g/mol. The van der Waals surface area contributed by atoms with Crippen molar-refractivity contribution in [2.45, 2.75) is 12.2 Å². The molecule has 2 rings (SSSR count). The summed E-state index contributed by atoms with van der Waals surface area (Å²) in [5.41, 5.74) is 8.68. The number of hydrogen-bond donors (Lipinski definition) is 1. The van der Waals surface area contributed by atoms with Crippen molar-refractivity contribution in [3.63, 3.8) is 0 Å². The lowest BCUT2D eigenvalue weighted by Gasteiger charge is -2.05. The fourth-order valence-corrected chi connectivity index (χ4v) is 2.63. The van der Waals surface area contributed by atoms with Crippen LogP contribution in [-0.2, 0) is 12.2 Å². The minimum absolute atomic E-state index is 0.281. The van der Waals surface area contributed by atoms with Gasteiger partial charge in [0, 0.05) is 11.3 Å². The number of amidine groups is 1. The van der Waals surface area contributed by atoms with Gasteiger partial charge in [-0.25, -0.2) is 0 Å². The van der Waals surface area contributed by atoms with Gasteiger partial charge in [-0.15, -0.1) is 5.10 Å². The predicted molar refractivity (Wildman–Crippen MR) is 99.3 cm³/mol. The minimum atomic E-state index is 0.281. The first kappa shape index (κ1) is 17.6. The van der Waals surface area contributed by atoms with Crippen molar-refractivity contribution in [3.05, 3.63) is 65.2 Å². The van der Waals surface area contributed by atoms with Crippen molar-refractivity contribution >= 4 is 23.1 Å². The van der Waals surface area contributed by atoms with Crippen LogP contribution in [0.25, 0.3) is 0 Å². The van der Waals surface area contributed by atoms with E-state index < -0.39 is 0 Å². The molecule has 6 heteroatoms. The fourth-order valence-electron chi connectivity index (χ4n) is 2.01. The standard InChI is InChI=1S/C18H18N4OS/c1-23-17-8-7-15(11-16(17)9-10-19)12-21-22-18(20)24-13-14-5-3-2-4-6-14/h2-8,11-12H,9,13H2,1H3,(H2,20,22). The molecule has 0 saturated carbocycles. The second-order valence-electron chi connectivity index (χ2n) is 4.86. The van der Waals surface area contributed by atoms with E-state index in [2.05, 4.69) is 16.3 Å². The van der Waals surface area contributed by atoms with Gasteiger partial charge >= 0.3 is 0 Å². The second kappa shape index (κ2) is 9.38. The van der Waals surface area contributed by atoms with Crippen molar-refractivity contribution in [1.82, 2.24) is 0 Å². The SMILES string of the molecule is COc1ccc(C=NN=C(N)SCc2ccccc2)cc1CC#N. The number of nitriles is 1. The lowest BCUT2D eigenvalue weighted by atomic mass is 10.1. The molecule has 2 aromatic rings. The first-order valence-corrected chi connectivity index (χ1v) is 8.28. The molecule has 0 spiro atoms. The summed E-state index contributed by atoms with van der Waals surface area (Å²) in [6.07, 6.45) is 1.89. The largest absolute Gasteiger partial charge is 0.496 e. The van der Waals surface area contributed by atoms with Crippen LogP contribution in [0, 0.1) is 11.3 Å². The molecule has 0 fully saturated rings. The highest BCUT2D eigenvalue weighted by Gasteiger charge is 2.03. The van der Waals surface area contributed by atoms with E-state index in [0.717, 1.165) is 16.9 Å². The lowest BCUT2D eigenvalue weighted by molar-refractivity contribution is 0.411. The molecule has 0 aliphatic heterocycles. The van der Waals surface area contributed by atoms with Crippen LogP contribution in [0.3, 0.4) is 0 Å². The Morgan fingerprint density at radius 2 is 2.08 bits per heavy atom. The summed E-state index contributed by atoms with van der Waals surface area (Å²) in [4.78, 5) is 0. The highest BCUT2D eigenvalue weighted by molar-refractivity contribution is 8.13. The van der Waals surface area contributed by atoms with Gasteiger partial charge in [0.1, 0.15) is 5.75 Å². The van der Waals surface area contributed by atoms with Gasteiger partial charge in [-0.2, -0.15) is 10.4 Å². The van der Waals surface area contributed by atoms with E-state index in [4.69, 9.17) is 15.7 Å². The van der Waals surface area contributed by atoms with Crippen LogP contribution in [0.1, 0.15) is 16.7 Å². The van der Waals surface area contributed by atoms with Crippen LogP contribution < -0.4 is 10.5 Å². The van der Waals surface area contributed by atoms with E-state index in [1.54, 1.807) is 13.3 Å². The predicted octanol–water partition coefficient (Wildman–Crippen LogP) is 3.34. The average molecular weight is 338 g/mol. The molecule has 2 N–H and O–H groups in total. The molecule has 0 atom stereocenters. The molecular formula is C18H18N4OS. The van der Waals surface area contributed by atoms with Gasteiger partial charge < -0.3 is 10.5 Å². The molecule has 0 aliphatic carbocycles. The van der Waals surface area contributed by atoms with Gasteiger partial charge in [-0.05, 0) is 29.3 Å². The van der Waals surface area contributed by atoms with Gasteiger partial charge in [-0.1, -0.05) is 42.1 Å². The Balaban J connectivity index is 1.97. The Bertz CT molecular complexity index is 766. The van der Waals surface area contributed by atoms with E-state index in [1.807, 2.05) is 48.5 Å². The van der Waals surface area contributed by atoms with Crippen molar-refractivity contribution < 1.29 is 4.74 Å². The van der Waals surface area contributed by atoms with Gasteiger partial charge in [0.05, 0.1) is 25.8 Å². The maximum absolute atomic E-state index is 8.85. The number of nitrogens with two attached hydrogens (primary N) is 1. The summed E-state index contributed by atoms with van der Waals surface area (Å²) in [6, 6.07) is 17.7. The van der Waals surface area contributed by atoms with Crippen LogP contribution in [0.2, 0.25) is 0 Å². The summed E-state index contributed by atoms with van der Waals surface area (Å²) in [6.45, 7) is 0. The number of hydrogen-bond acceptors (Lipinski definition) is 5. The Morgan fingerprint density at radius 3 is 2.79 bits per heavy atom. The summed E-state index contributed by atoms with van der Waals surface area (Å²) >= 11 is 1.43. The molecule has 5 nitrogen and oxygen atoms in total. The Kier molecular flexibility index (Phi) is 6.87. The maximum Gasteiger partial charge on any atom is 0.180 e. The molecule has 0 radical (unpaired) electrons. The van der Waals surface area contributed by atoms with Crippen LogP contribution in [0.4, 0.5) is 0 Å². The molecule has 24 heavy (non-hydrogen) atoms. The van der Waals surface area contributed by atoms with Gasteiger partial charge in [-0.3, -0.25) is 0 Å². The molecule has 0 amide bonds. The molecule has 0 aromatic heterocycles. The number of ether oxygens (including phenoxy) is 1. The normalized spacial score (nSPS) is 11.4. The Labute approximate surface area is 145 Å². The van der Waals surface area contributed by atoms with Crippen LogP contribution >= 0.6 is 11.8 Å². The fraction of sp³-hybridized carbons (Fsp3) is 0.167. The van der Waals surface area contributed by atoms with Crippen LogP contribution in [-0.4, -0.2) is 18.5 Å². The minimum Gasteiger partial charge on any atom is -0.496 e. The van der Waals surface area contributed by atoms with Gasteiger partial charge in [0.2, 0.25) is 0 Å². The third kappa shape index (κ3) is 5.45. The molecule has 0 heterocycles. The lowest BCUT2D eigenvalue weighted by Crippen LogP contribution is -2.06. The first-order chi connectivity index (χ1) is 11.7. The zero-order chi connectivity index (χ0) is 17.2.